The summed E-state index contributed by atoms with van der Waals surface area (Å²) >= 11 is 0. The fourth-order valence-corrected chi connectivity index (χ4v) is 6.32. The normalized spacial score (nSPS) is 16.6. The molecule has 6 nitrogen and oxygen atoms in total. The molecule has 1 fully saturated rings. The van der Waals surface area contributed by atoms with E-state index < -0.39 is 9.84 Å². The van der Waals surface area contributed by atoms with Crippen molar-refractivity contribution in [3.63, 3.8) is 0 Å². The molecule has 2 aromatic rings. The lowest BCUT2D eigenvalue weighted by atomic mass is 9.98. The largest absolute Gasteiger partial charge is 0.322 e. The molecule has 1 aliphatic carbocycles. The Balaban J connectivity index is 1.54. The molecule has 0 radical (unpaired) electrons. The molecule has 0 saturated heterocycles. The molecule has 1 N–H and O–H groups in total. The maximum atomic E-state index is 12.9. The number of nitrogens with zero attached hydrogens (tertiary/aromatic N) is 1. The quantitative estimate of drug-likeness (QED) is 0.712. The van der Waals surface area contributed by atoms with Crippen molar-refractivity contribution < 1.29 is 18.0 Å². The number of anilines is 2. The zero-order valence-corrected chi connectivity index (χ0v) is 18.2. The third-order valence-electron chi connectivity index (χ3n) is 6.06. The molecule has 1 aliphatic heterocycles. The number of hydrogen-bond donors (Lipinski definition) is 1. The van der Waals surface area contributed by atoms with Crippen LogP contribution in [0, 0.1) is 0 Å². The van der Waals surface area contributed by atoms with Gasteiger partial charge in [0.15, 0.2) is 9.84 Å². The van der Waals surface area contributed by atoms with E-state index in [9.17, 15) is 18.0 Å². The molecule has 31 heavy (non-hydrogen) atoms. The van der Waals surface area contributed by atoms with E-state index in [2.05, 4.69) is 11.9 Å². The minimum Gasteiger partial charge on any atom is -0.322 e. The zero-order chi connectivity index (χ0) is 22.0. The summed E-state index contributed by atoms with van der Waals surface area (Å²) in [5.41, 5.74) is 2.66. The van der Waals surface area contributed by atoms with Gasteiger partial charge in [0.1, 0.15) is 0 Å². The van der Waals surface area contributed by atoms with Crippen LogP contribution in [-0.2, 0) is 21.1 Å². The second-order valence-corrected chi connectivity index (χ2v) is 10.3. The molecule has 2 aromatic carbocycles. The highest BCUT2D eigenvalue weighted by molar-refractivity contribution is 7.92. The summed E-state index contributed by atoms with van der Waals surface area (Å²) in [4.78, 5) is 26.8. The Morgan fingerprint density at radius 2 is 1.84 bits per heavy atom. The Bertz CT molecular complexity index is 1130. The summed E-state index contributed by atoms with van der Waals surface area (Å²) in [7, 11) is -3.39. The van der Waals surface area contributed by atoms with Crippen molar-refractivity contribution >= 4 is 33.0 Å². The van der Waals surface area contributed by atoms with Crippen LogP contribution < -0.4 is 10.2 Å². The fourth-order valence-electron chi connectivity index (χ4n) is 4.42. The van der Waals surface area contributed by atoms with Gasteiger partial charge in [0.25, 0.3) is 5.91 Å². The number of amides is 2. The number of carbonyl (C=O) groups excluding carboxylic acids is 2. The summed E-state index contributed by atoms with van der Waals surface area (Å²) in [5, 5.41) is 2.48. The van der Waals surface area contributed by atoms with E-state index in [1.807, 2.05) is 0 Å². The van der Waals surface area contributed by atoms with Gasteiger partial charge < -0.3 is 10.2 Å². The van der Waals surface area contributed by atoms with E-state index in [1.165, 1.54) is 12.1 Å². The van der Waals surface area contributed by atoms with Gasteiger partial charge in [-0.15, -0.1) is 0 Å². The van der Waals surface area contributed by atoms with Crippen LogP contribution in [0.4, 0.5) is 11.4 Å². The number of benzene rings is 2. The van der Waals surface area contributed by atoms with Gasteiger partial charge in [-0.1, -0.05) is 25.5 Å². The minimum absolute atomic E-state index is 0.154. The van der Waals surface area contributed by atoms with Gasteiger partial charge in [-0.3, -0.25) is 9.59 Å². The Morgan fingerprint density at radius 1 is 1.06 bits per heavy atom. The number of fused-ring (bicyclic) bond motifs is 1. The second kappa shape index (κ2) is 8.67. The van der Waals surface area contributed by atoms with Gasteiger partial charge >= 0.3 is 0 Å². The SMILES string of the molecule is C=CC(=O)N1CCCc2cc(C(=O)Nc3cccc(S(=O)(=O)C4CCCC4)c3)ccc21. The lowest BCUT2D eigenvalue weighted by Crippen LogP contribution is -2.34. The molecule has 0 aromatic heterocycles. The first-order valence-corrected chi connectivity index (χ1v) is 12.2. The fraction of sp³-hybridized carbons (Fsp3) is 0.333. The van der Waals surface area contributed by atoms with E-state index in [-0.39, 0.29) is 22.0 Å². The van der Waals surface area contributed by atoms with Crippen LogP contribution in [0.5, 0.6) is 0 Å². The molecule has 0 spiro atoms. The average Bonchev–Trinajstić information content (AvgIpc) is 3.34. The summed E-state index contributed by atoms with van der Waals surface area (Å²) in [6.07, 6.45) is 6.16. The molecule has 0 atom stereocenters. The molecule has 0 bridgehead atoms. The van der Waals surface area contributed by atoms with Crippen molar-refractivity contribution in [2.75, 3.05) is 16.8 Å². The molecule has 1 heterocycles. The van der Waals surface area contributed by atoms with Crippen molar-refractivity contribution in [1.82, 2.24) is 0 Å². The summed E-state index contributed by atoms with van der Waals surface area (Å²) in [6, 6.07) is 11.7. The predicted octanol–water partition coefficient (Wildman–Crippen LogP) is 4.12. The van der Waals surface area contributed by atoms with Crippen molar-refractivity contribution in [2.24, 2.45) is 0 Å². The topological polar surface area (TPSA) is 83.6 Å². The first-order valence-electron chi connectivity index (χ1n) is 10.6. The summed E-state index contributed by atoms with van der Waals surface area (Å²) in [6.45, 7) is 4.18. The van der Waals surface area contributed by atoms with Gasteiger partial charge in [-0.05, 0) is 73.7 Å². The van der Waals surface area contributed by atoms with Crippen LogP contribution in [0.15, 0.2) is 60.0 Å². The Morgan fingerprint density at radius 3 is 2.58 bits per heavy atom. The standard InChI is InChI=1S/C24H26N2O4S/c1-2-23(27)26-14-6-7-17-15-18(12-13-22(17)26)24(28)25-19-8-5-11-21(16-19)31(29,30)20-9-3-4-10-20/h2,5,8,11-13,15-16,20H,1,3-4,6-7,9-10,14H2,(H,25,28). The molecule has 1 saturated carbocycles. The highest BCUT2D eigenvalue weighted by Gasteiger charge is 2.30. The number of hydrogen-bond acceptors (Lipinski definition) is 4. The monoisotopic (exact) mass is 438 g/mol. The Hall–Kier alpha value is -2.93. The van der Waals surface area contributed by atoms with Crippen LogP contribution in [-0.4, -0.2) is 32.0 Å². The van der Waals surface area contributed by atoms with E-state index >= 15 is 0 Å². The van der Waals surface area contributed by atoms with Crippen molar-refractivity contribution in [3.8, 4) is 0 Å². The van der Waals surface area contributed by atoms with E-state index in [0.29, 0.717) is 30.6 Å². The maximum absolute atomic E-state index is 12.9. The maximum Gasteiger partial charge on any atom is 0.255 e. The molecule has 2 aliphatic rings. The number of carbonyl (C=O) groups is 2. The second-order valence-electron chi connectivity index (χ2n) is 8.07. The lowest BCUT2D eigenvalue weighted by Gasteiger charge is -2.28. The van der Waals surface area contributed by atoms with Crippen LogP contribution >= 0.6 is 0 Å². The highest BCUT2D eigenvalue weighted by atomic mass is 32.2. The molecule has 162 valence electrons. The smallest absolute Gasteiger partial charge is 0.255 e. The van der Waals surface area contributed by atoms with Gasteiger partial charge in [0, 0.05) is 23.5 Å². The molecule has 2 amide bonds. The third kappa shape index (κ3) is 4.28. The lowest BCUT2D eigenvalue weighted by molar-refractivity contribution is -0.114. The van der Waals surface area contributed by atoms with Crippen LogP contribution in [0.2, 0.25) is 0 Å². The highest BCUT2D eigenvalue weighted by Crippen LogP contribution is 2.31. The van der Waals surface area contributed by atoms with Gasteiger partial charge in [-0.25, -0.2) is 8.42 Å². The van der Waals surface area contributed by atoms with Crippen molar-refractivity contribution in [1.29, 1.82) is 0 Å². The Labute approximate surface area is 182 Å². The number of rotatable bonds is 5. The van der Waals surface area contributed by atoms with Gasteiger partial charge in [0.05, 0.1) is 10.1 Å². The molecule has 7 heteroatoms. The molecular weight excluding hydrogens is 412 g/mol. The van der Waals surface area contributed by atoms with Gasteiger partial charge in [-0.2, -0.15) is 0 Å². The van der Waals surface area contributed by atoms with Crippen LogP contribution in [0.25, 0.3) is 0 Å². The van der Waals surface area contributed by atoms with Crippen molar-refractivity contribution in [2.45, 2.75) is 48.7 Å². The minimum atomic E-state index is -3.39. The molecule has 0 unspecified atom stereocenters. The first kappa shape index (κ1) is 21.3. The Kier molecular flexibility index (Phi) is 5.96. The molecular formula is C24H26N2O4S. The van der Waals surface area contributed by atoms with E-state index in [1.54, 1.807) is 41.3 Å². The number of sulfone groups is 1. The average molecular weight is 439 g/mol. The summed E-state index contributed by atoms with van der Waals surface area (Å²) < 4.78 is 25.7. The third-order valence-corrected chi connectivity index (χ3v) is 8.32. The van der Waals surface area contributed by atoms with Crippen molar-refractivity contribution in [3.05, 3.63) is 66.2 Å². The predicted molar refractivity (Wildman–Crippen MR) is 121 cm³/mol. The first-order chi connectivity index (χ1) is 14.9. The van der Waals surface area contributed by atoms with E-state index in [4.69, 9.17) is 0 Å². The summed E-state index contributed by atoms with van der Waals surface area (Å²) in [5.74, 6) is -0.469. The van der Waals surface area contributed by atoms with Crippen LogP contribution in [0.1, 0.15) is 48.0 Å². The van der Waals surface area contributed by atoms with Gasteiger partial charge in [0.2, 0.25) is 5.91 Å². The number of aryl methyl sites for hydroxylation is 1. The number of nitrogens with one attached hydrogen (secondary N) is 1. The zero-order valence-electron chi connectivity index (χ0n) is 17.3. The molecule has 4 rings (SSSR count). The van der Waals surface area contributed by atoms with E-state index in [0.717, 1.165) is 36.9 Å². The van der Waals surface area contributed by atoms with Crippen LogP contribution in [0.3, 0.4) is 0 Å².